The van der Waals surface area contributed by atoms with E-state index < -0.39 is 16.0 Å². The Morgan fingerprint density at radius 2 is 1.92 bits per heavy atom. The second-order valence-electron chi connectivity index (χ2n) is 5.28. The number of aromatic nitrogens is 2. The number of carboxylic acid groups (broad SMARTS) is 1. The van der Waals surface area contributed by atoms with Crippen molar-refractivity contribution in [2.24, 2.45) is 0 Å². The molecule has 1 aliphatic heterocycles. The second kappa shape index (κ2) is 6.46. The van der Waals surface area contributed by atoms with E-state index in [4.69, 9.17) is 5.11 Å². The molecule has 1 aliphatic rings. The van der Waals surface area contributed by atoms with Crippen LogP contribution in [0.5, 0.6) is 0 Å². The third-order valence-corrected chi connectivity index (χ3v) is 6.42. The van der Waals surface area contributed by atoms with E-state index in [1.807, 2.05) is 4.90 Å². The van der Waals surface area contributed by atoms with Crippen molar-refractivity contribution < 1.29 is 18.3 Å². The summed E-state index contributed by atoms with van der Waals surface area (Å²) in [7, 11) is -3.58. The van der Waals surface area contributed by atoms with Crippen LogP contribution in [-0.4, -0.2) is 59.9 Å². The van der Waals surface area contributed by atoms with Gasteiger partial charge >= 0.3 is 5.97 Å². The van der Waals surface area contributed by atoms with Crippen LogP contribution in [0.15, 0.2) is 28.6 Å². The van der Waals surface area contributed by atoms with E-state index in [1.54, 1.807) is 24.4 Å². The van der Waals surface area contributed by atoms with Gasteiger partial charge in [-0.05, 0) is 19.1 Å². The van der Waals surface area contributed by atoms with E-state index in [9.17, 15) is 13.2 Å². The fourth-order valence-corrected chi connectivity index (χ4v) is 4.79. The molecule has 8 nitrogen and oxygen atoms in total. The molecule has 0 bridgehead atoms. The molecule has 1 N–H and O–H groups in total. The molecule has 0 unspecified atom stereocenters. The van der Waals surface area contributed by atoms with Crippen molar-refractivity contribution >= 4 is 33.1 Å². The van der Waals surface area contributed by atoms with Crippen molar-refractivity contribution in [1.29, 1.82) is 0 Å². The highest BCUT2D eigenvalue weighted by atomic mass is 32.2. The number of hydrogen-bond acceptors (Lipinski definition) is 7. The lowest BCUT2D eigenvalue weighted by atomic mass is 10.3. The van der Waals surface area contributed by atoms with E-state index in [1.165, 1.54) is 21.7 Å². The maximum absolute atomic E-state index is 12.5. The minimum absolute atomic E-state index is 0.0273. The van der Waals surface area contributed by atoms with Crippen molar-refractivity contribution in [2.75, 3.05) is 31.1 Å². The Balaban J connectivity index is 1.72. The SMILES string of the molecule is Cc1nc(S(=O)(=O)N2CCN(c3cccc(C(=O)O)n3)CC2)cs1. The van der Waals surface area contributed by atoms with Crippen molar-refractivity contribution in [3.8, 4) is 0 Å². The van der Waals surface area contributed by atoms with Crippen LogP contribution in [0.3, 0.4) is 0 Å². The van der Waals surface area contributed by atoms with Gasteiger partial charge in [-0.3, -0.25) is 0 Å². The summed E-state index contributed by atoms with van der Waals surface area (Å²) in [5.74, 6) is -0.548. The fraction of sp³-hybridized carbons (Fsp3) is 0.357. The Hall–Kier alpha value is -2.04. The average molecular weight is 368 g/mol. The topological polar surface area (TPSA) is 104 Å². The maximum Gasteiger partial charge on any atom is 0.354 e. The Kier molecular flexibility index (Phi) is 4.52. The quantitative estimate of drug-likeness (QED) is 0.860. The van der Waals surface area contributed by atoms with Crippen LogP contribution >= 0.6 is 11.3 Å². The van der Waals surface area contributed by atoms with Gasteiger partial charge in [-0.15, -0.1) is 11.3 Å². The molecule has 1 saturated heterocycles. The number of carboxylic acids is 1. The van der Waals surface area contributed by atoms with E-state index in [-0.39, 0.29) is 10.7 Å². The van der Waals surface area contributed by atoms with Gasteiger partial charge in [0.15, 0.2) is 10.7 Å². The maximum atomic E-state index is 12.5. The number of carbonyl (C=O) groups is 1. The van der Waals surface area contributed by atoms with Gasteiger partial charge in [0.05, 0.1) is 5.01 Å². The van der Waals surface area contributed by atoms with Crippen LogP contribution in [0.4, 0.5) is 5.82 Å². The van der Waals surface area contributed by atoms with Crippen molar-refractivity contribution in [3.05, 3.63) is 34.3 Å². The lowest BCUT2D eigenvalue weighted by Gasteiger charge is -2.34. The Labute approximate surface area is 143 Å². The number of pyridine rings is 1. The van der Waals surface area contributed by atoms with Crippen LogP contribution in [-0.2, 0) is 10.0 Å². The fourth-order valence-electron chi connectivity index (χ4n) is 2.47. The summed E-state index contributed by atoms with van der Waals surface area (Å²) in [6.07, 6.45) is 0. The first kappa shape index (κ1) is 16.8. The molecule has 2 aromatic rings. The van der Waals surface area contributed by atoms with Gasteiger partial charge in [-0.2, -0.15) is 4.31 Å². The first-order valence-corrected chi connectivity index (χ1v) is 9.57. The van der Waals surface area contributed by atoms with Crippen molar-refractivity contribution in [1.82, 2.24) is 14.3 Å². The van der Waals surface area contributed by atoms with E-state index in [0.717, 1.165) is 0 Å². The number of aromatic carboxylic acids is 1. The minimum Gasteiger partial charge on any atom is -0.477 e. The molecule has 0 atom stereocenters. The monoisotopic (exact) mass is 368 g/mol. The molecule has 0 spiro atoms. The zero-order chi connectivity index (χ0) is 17.3. The minimum atomic E-state index is -3.58. The molecule has 2 aromatic heterocycles. The summed E-state index contributed by atoms with van der Waals surface area (Å²) < 4.78 is 26.5. The van der Waals surface area contributed by atoms with Crippen LogP contribution < -0.4 is 4.90 Å². The zero-order valence-corrected chi connectivity index (χ0v) is 14.5. The lowest BCUT2D eigenvalue weighted by molar-refractivity contribution is 0.0690. The molecule has 10 heteroatoms. The third kappa shape index (κ3) is 3.25. The first-order chi connectivity index (χ1) is 11.4. The molecule has 0 saturated carbocycles. The average Bonchev–Trinajstić information content (AvgIpc) is 3.02. The smallest absolute Gasteiger partial charge is 0.354 e. The number of thiazole rings is 1. The second-order valence-corrected chi connectivity index (χ2v) is 8.23. The molecule has 0 aliphatic carbocycles. The molecule has 24 heavy (non-hydrogen) atoms. The number of piperazine rings is 1. The first-order valence-electron chi connectivity index (χ1n) is 7.25. The highest BCUT2D eigenvalue weighted by Crippen LogP contribution is 2.21. The summed E-state index contributed by atoms with van der Waals surface area (Å²) in [6, 6.07) is 4.78. The summed E-state index contributed by atoms with van der Waals surface area (Å²) in [6.45, 7) is 3.26. The van der Waals surface area contributed by atoms with E-state index >= 15 is 0 Å². The van der Waals surface area contributed by atoms with Crippen LogP contribution in [0.1, 0.15) is 15.5 Å². The number of anilines is 1. The highest BCUT2D eigenvalue weighted by molar-refractivity contribution is 7.89. The van der Waals surface area contributed by atoms with Gasteiger partial charge in [0.1, 0.15) is 5.82 Å². The molecule has 1 fully saturated rings. The van der Waals surface area contributed by atoms with Crippen molar-refractivity contribution in [2.45, 2.75) is 11.9 Å². The third-order valence-electron chi connectivity index (χ3n) is 3.72. The van der Waals surface area contributed by atoms with E-state index in [2.05, 4.69) is 9.97 Å². The Morgan fingerprint density at radius 1 is 1.21 bits per heavy atom. The highest BCUT2D eigenvalue weighted by Gasteiger charge is 2.30. The van der Waals surface area contributed by atoms with Gasteiger partial charge < -0.3 is 10.0 Å². The zero-order valence-electron chi connectivity index (χ0n) is 12.9. The van der Waals surface area contributed by atoms with Gasteiger partial charge in [0, 0.05) is 31.6 Å². The number of nitrogens with zero attached hydrogens (tertiary/aromatic N) is 4. The molecule has 128 valence electrons. The number of sulfonamides is 1. The lowest BCUT2D eigenvalue weighted by Crippen LogP contribution is -2.49. The van der Waals surface area contributed by atoms with Gasteiger partial charge in [0.2, 0.25) is 0 Å². The predicted molar refractivity (Wildman–Crippen MR) is 89.0 cm³/mol. The summed E-state index contributed by atoms with van der Waals surface area (Å²) in [5.41, 5.74) is -0.0273. The predicted octanol–water partition coefficient (Wildman–Crippen LogP) is 1.06. The van der Waals surface area contributed by atoms with Crippen LogP contribution in [0.2, 0.25) is 0 Å². The Bertz CT molecular complexity index is 857. The molecular formula is C14H16N4O4S2. The number of hydrogen-bond donors (Lipinski definition) is 1. The largest absolute Gasteiger partial charge is 0.477 e. The molecule has 3 rings (SSSR count). The van der Waals surface area contributed by atoms with Crippen LogP contribution in [0, 0.1) is 6.92 Å². The standard InChI is InChI=1S/C14H16N4O4S2/c1-10-15-13(9-23-10)24(21,22)18-7-5-17(6-8-18)12-4-2-3-11(16-12)14(19)20/h2-4,9H,5-8H2,1H3,(H,19,20). The van der Waals surface area contributed by atoms with Gasteiger partial charge in [-0.1, -0.05) is 6.07 Å². The Morgan fingerprint density at radius 3 is 2.50 bits per heavy atom. The van der Waals surface area contributed by atoms with Crippen LogP contribution in [0.25, 0.3) is 0 Å². The number of rotatable bonds is 4. The normalized spacial score (nSPS) is 16.3. The summed E-state index contributed by atoms with van der Waals surface area (Å²) in [5, 5.41) is 11.4. The molecule has 0 radical (unpaired) electrons. The molecular weight excluding hydrogens is 352 g/mol. The molecule has 0 aromatic carbocycles. The van der Waals surface area contributed by atoms with Gasteiger partial charge in [-0.25, -0.2) is 23.2 Å². The van der Waals surface area contributed by atoms with Crippen molar-refractivity contribution in [3.63, 3.8) is 0 Å². The number of aryl methyl sites for hydroxylation is 1. The summed E-state index contributed by atoms with van der Waals surface area (Å²) in [4.78, 5) is 21.0. The van der Waals surface area contributed by atoms with E-state index in [0.29, 0.717) is 37.0 Å². The molecule has 0 amide bonds. The molecule has 3 heterocycles. The van der Waals surface area contributed by atoms with Gasteiger partial charge in [0.25, 0.3) is 10.0 Å². The summed E-state index contributed by atoms with van der Waals surface area (Å²) >= 11 is 1.30.